The zero-order valence-electron chi connectivity index (χ0n) is 10.9. The number of carbonyl (C=O) groups excluding carboxylic acids is 1. The first-order valence-electron chi connectivity index (χ1n) is 6.30. The second kappa shape index (κ2) is 5.84. The van der Waals surface area contributed by atoms with Crippen molar-refractivity contribution in [2.24, 2.45) is 0 Å². The monoisotopic (exact) mass is 323 g/mol. The number of anilines is 1. The second-order valence-corrected chi connectivity index (χ2v) is 5.20. The molecule has 3 rings (SSSR count). The fraction of sp³-hybridized carbons (Fsp3) is 0.133. The highest BCUT2D eigenvalue weighted by molar-refractivity contribution is 6.44. The molecule has 0 radical (unpaired) electrons. The third-order valence-corrected chi connectivity index (χ3v) is 3.82. The summed E-state index contributed by atoms with van der Waals surface area (Å²) in [7, 11) is 0. The van der Waals surface area contributed by atoms with E-state index in [0.717, 1.165) is 0 Å². The van der Waals surface area contributed by atoms with Gasteiger partial charge in [-0.05, 0) is 30.3 Å². The molecule has 0 saturated carbocycles. The van der Waals surface area contributed by atoms with E-state index in [2.05, 4.69) is 5.32 Å². The van der Waals surface area contributed by atoms with Gasteiger partial charge in [0.1, 0.15) is 13.2 Å². The Balaban J connectivity index is 1.84. The van der Waals surface area contributed by atoms with Gasteiger partial charge < -0.3 is 14.8 Å². The zero-order chi connectivity index (χ0) is 14.8. The van der Waals surface area contributed by atoms with Gasteiger partial charge in [-0.1, -0.05) is 29.3 Å². The minimum absolute atomic E-state index is 0.295. The van der Waals surface area contributed by atoms with Crippen LogP contribution in [-0.4, -0.2) is 19.1 Å². The first-order valence-corrected chi connectivity index (χ1v) is 7.06. The summed E-state index contributed by atoms with van der Waals surface area (Å²) >= 11 is 12.0. The molecule has 1 N–H and O–H groups in total. The normalized spacial score (nSPS) is 12.9. The first-order chi connectivity index (χ1) is 10.1. The van der Waals surface area contributed by atoms with E-state index in [0.29, 0.717) is 46.0 Å². The van der Waals surface area contributed by atoms with Gasteiger partial charge in [0.25, 0.3) is 5.91 Å². The first kappa shape index (κ1) is 14.0. The summed E-state index contributed by atoms with van der Waals surface area (Å²) < 4.78 is 10.9. The molecule has 21 heavy (non-hydrogen) atoms. The Morgan fingerprint density at radius 3 is 2.62 bits per heavy atom. The van der Waals surface area contributed by atoms with Crippen molar-refractivity contribution in [3.8, 4) is 11.5 Å². The van der Waals surface area contributed by atoms with Crippen molar-refractivity contribution in [1.29, 1.82) is 0 Å². The highest BCUT2D eigenvalue weighted by atomic mass is 35.5. The molecular weight excluding hydrogens is 313 g/mol. The molecule has 1 aliphatic heterocycles. The van der Waals surface area contributed by atoms with Gasteiger partial charge >= 0.3 is 0 Å². The van der Waals surface area contributed by atoms with Crippen molar-refractivity contribution in [1.82, 2.24) is 0 Å². The number of hydrogen-bond donors (Lipinski definition) is 1. The van der Waals surface area contributed by atoms with E-state index in [4.69, 9.17) is 32.7 Å². The average Bonchev–Trinajstić information content (AvgIpc) is 2.51. The Morgan fingerprint density at radius 1 is 1.05 bits per heavy atom. The number of nitrogens with one attached hydrogen (secondary N) is 1. The maximum Gasteiger partial charge on any atom is 0.255 e. The molecule has 0 aromatic heterocycles. The molecule has 1 aliphatic rings. The van der Waals surface area contributed by atoms with Gasteiger partial charge in [-0.2, -0.15) is 0 Å². The van der Waals surface area contributed by atoms with Crippen LogP contribution in [0.2, 0.25) is 10.0 Å². The predicted octanol–water partition coefficient (Wildman–Crippen LogP) is 4.02. The third kappa shape index (κ3) is 2.91. The molecule has 6 heteroatoms. The molecule has 4 nitrogen and oxygen atoms in total. The SMILES string of the molecule is O=C(Nc1cccc(Cl)c1Cl)c1ccc2c(c1)OCCO2. The lowest BCUT2D eigenvalue weighted by Gasteiger charge is -2.18. The smallest absolute Gasteiger partial charge is 0.255 e. The van der Waals surface area contributed by atoms with Crippen LogP contribution >= 0.6 is 23.2 Å². The molecule has 1 heterocycles. The highest BCUT2D eigenvalue weighted by Gasteiger charge is 2.16. The Kier molecular flexibility index (Phi) is 3.90. The van der Waals surface area contributed by atoms with E-state index < -0.39 is 0 Å². The standard InChI is InChI=1S/C15H11Cl2NO3/c16-10-2-1-3-11(14(10)17)18-15(19)9-4-5-12-13(8-9)21-7-6-20-12/h1-5,8H,6-7H2,(H,18,19). The fourth-order valence-corrected chi connectivity index (χ4v) is 2.33. The van der Waals surface area contributed by atoms with E-state index in [9.17, 15) is 4.79 Å². The summed E-state index contributed by atoms with van der Waals surface area (Å²) in [6.07, 6.45) is 0. The van der Waals surface area contributed by atoms with Gasteiger partial charge in [0.05, 0.1) is 15.7 Å². The van der Waals surface area contributed by atoms with Crippen LogP contribution in [0.4, 0.5) is 5.69 Å². The van der Waals surface area contributed by atoms with Crippen molar-refractivity contribution in [2.75, 3.05) is 18.5 Å². The summed E-state index contributed by atoms with van der Waals surface area (Å²) in [4.78, 5) is 12.3. The quantitative estimate of drug-likeness (QED) is 0.908. The van der Waals surface area contributed by atoms with E-state index in [1.807, 2.05) is 0 Å². The molecule has 0 saturated heterocycles. The van der Waals surface area contributed by atoms with Gasteiger partial charge in [0, 0.05) is 5.56 Å². The van der Waals surface area contributed by atoms with Gasteiger partial charge in [-0.3, -0.25) is 4.79 Å². The van der Waals surface area contributed by atoms with Crippen LogP contribution in [0.1, 0.15) is 10.4 Å². The Hall–Kier alpha value is -1.91. The van der Waals surface area contributed by atoms with Gasteiger partial charge in [0.15, 0.2) is 11.5 Å². The van der Waals surface area contributed by atoms with Gasteiger partial charge in [-0.25, -0.2) is 0 Å². The number of ether oxygens (including phenoxy) is 2. The molecule has 108 valence electrons. The number of fused-ring (bicyclic) bond motifs is 1. The maximum absolute atomic E-state index is 12.3. The molecule has 0 aliphatic carbocycles. The van der Waals surface area contributed by atoms with Crippen LogP contribution in [0, 0.1) is 0 Å². The van der Waals surface area contributed by atoms with Crippen LogP contribution in [0.15, 0.2) is 36.4 Å². The highest BCUT2D eigenvalue weighted by Crippen LogP contribution is 2.32. The van der Waals surface area contributed by atoms with E-state index in [1.165, 1.54) is 0 Å². The van der Waals surface area contributed by atoms with Gasteiger partial charge in [-0.15, -0.1) is 0 Å². The molecule has 0 fully saturated rings. The lowest BCUT2D eigenvalue weighted by atomic mass is 10.1. The summed E-state index contributed by atoms with van der Waals surface area (Å²) in [6.45, 7) is 0.981. The summed E-state index contributed by atoms with van der Waals surface area (Å²) in [5, 5.41) is 3.42. The average molecular weight is 324 g/mol. The summed E-state index contributed by atoms with van der Waals surface area (Å²) in [6, 6.07) is 10.1. The van der Waals surface area contributed by atoms with Crippen LogP contribution < -0.4 is 14.8 Å². The van der Waals surface area contributed by atoms with Crippen molar-refractivity contribution >= 4 is 34.8 Å². The van der Waals surface area contributed by atoms with E-state index in [1.54, 1.807) is 36.4 Å². The molecule has 2 aromatic rings. The Morgan fingerprint density at radius 2 is 1.81 bits per heavy atom. The number of halogens is 2. The molecule has 0 unspecified atom stereocenters. The topological polar surface area (TPSA) is 47.6 Å². The molecule has 0 bridgehead atoms. The maximum atomic E-state index is 12.3. The summed E-state index contributed by atoms with van der Waals surface area (Å²) in [5.74, 6) is 0.904. The van der Waals surface area contributed by atoms with E-state index >= 15 is 0 Å². The molecule has 0 atom stereocenters. The largest absolute Gasteiger partial charge is 0.486 e. The van der Waals surface area contributed by atoms with E-state index in [-0.39, 0.29) is 5.91 Å². The van der Waals surface area contributed by atoms with Crippen molar-refractivity contribution in [2.45, 2.75) is 0 Å². The number of rotatable bonds is 2. The molecule has 2 aromatic carbocycles. The van der Waals surface area contributed by atoms with Crippen LogP contribution in [0.3, 0.4) is 0 Å². The Bertz CT molecular complexity index is 703. The lowest BCUT2D eigenvalue weighted by Crippen LogP contribution is -2.17. The minimum atomic E-state index is -0.295. The molecular formula is C15H11Cl2NO3. The van der Waals surface area contributed by atoms with Crippen LogP contribution in [-0.2, 0) is 0 Å². The third-order valence-electron chi connectivity index (χ3n) is 3.00. The van der Waals surface area contributed by atoms with Crippen LogP contribution in [0.5, 0.6) is 11.5 Å². The lowest BCUT2D eigenvalue weighted by molar-refractivity contribution is 0.102. The predicted molar refractivity (Wildman–Crippen MR) is 81.8 cm³/mol. The Labute approximate surface area is 131 Å². The van der Waals surface area contributed by atoms with Crippen LogP contribution in [0.25, 0.3) is 0 Å². The second-order valence-electron chi connectivity index (χ2n) is 4.41. The van der Waals surface area contributed by atoms with Crippen molar-refractivity contribution in [3.63, 3.8) is 0 Å². The number of benzene rings is 2. The zero-order valence-corrected chi connectivity index (χ0v) is 12.4. The number of hydrogen-bond acceptors (Lipinski definition) is 3. The fourth-order valence-electron chi connectivity index (χ4n) is 1.98. The number of carbonyl (C=O) groups is 1. The number of amides is 1. The van der Waals surface area contributed by atoms with Crippen molar-refractivity contribution < 1.29 is 14.3 Å². The summed E-state index contributed by atoms with van der Waals surface area (Å²) in [5.41, 5.74) is 0.916. The van der Waals surface area contributed by atoms with Gasteiger partial charge in [0.2, 0.25) is 0 Å². The molecule has 1 amide bonds. The van der Waals surface area contributed by atoms with Crippen molar-refractivity contribution in [3.05, 3.63) is 52.0 Å². The minimum Gasteiger partial charge on any atom is -0.486 e. The molecule has 0 spiro atoms.